The molecule has 10 heteroatoms. The minimum Gasteiger partial charge on any atom is -0.382 e. The number of benzene rings is 2. The monoisotopic (exact) mass is 566 g/mol. The average Bonchev–Trinajstić information content (AvgIpc) is 3.54. The molecule has 0 fully saturated rings. The van der Waals surface area contributed by atoms with Gasteiger partial charge in [-0.25, -0.2) is 14.4 Å². The number of aromatic amines is 2. The largest absolute Gasteiger partial charge is 0.382 e. The molecule has 4 heterocycles. The summed E-state index contributed by atoms with van der Waals surface area (Å²) in [5, 5.41) is 11.0. The SMILES string of the molecule is C=S(=C)(C)NCc1cc(F)cc(-c2cccc3[nH]c(-c4n[nH]c5ccc(-c6cncc(NC(C)C)c6)nc45)nc23)c1. The molecular formula is C31H31FN8S. The zero-order valence-corrected chi connectivity index (χ0v) is 23.9. The van der Waals surface area contributed by atoms with Gasteiger partial charge >= 0.3 is 0 Å². The highest BCUT2D eigenvalue weighted by Crippen LogP contribution is 2.33. The third kappa shape index (κ3) is 5.70. The molecule has 6 rings (SSSR count). The van der Waals surface area contributed by atoms with Gasteiger partial charge in [-0.05, 0) is 73.7 Å². The van der Waals surface area contributed by atoms with Gasteiger partial charge < -0.3 is 10.3 Å². The highest BCUT2D eigenvalue weighted by Gasteiger charge is 2.17. The first-order valence-corrected chi connectivity index (χ1v) is 15.6. The second-order valence-electron chi connectivity index (χ2n) is 10.7. The second-order valence-corrected chi connectivity index (χ2v) is 13.5. The number of hydrogen-bond donors (Lipinski definition) is 4. The number of rotatable bonds is 8. The van der Waals surface area contributed by atoms with Crippen molar-refractivity contribution in [2.24, 2.45) is 0 Å². The van der Waals surface area contributed by atoms with E-state index in [1.165, 1.54) is 12.1 Å². The van der Waals surface area contributed by atoms with E-state index in [1.807, 2.05) is 48.7 Å². The van der Waals surface area contributed by atoms with E-state index < -0.39 is 9.39 Å². The Morgan fingerprint density at radius 3 is 2.61 bits per heavy atom. The molecule has 4 aromatic heterocycles. The van der Waals surface area contributed by atoms with E-state index in [9.17, 15) is 4.39 Å². The Balaban J connectivity index is 1.40. The second kappa shape index (κ2) is 10.5. The first-order valence-electron chi connectivity index (χ1n) is 13.2. The number of halogens is 1. The highest BCUT2D eigenvalue weighted by atomic mass is 32.2. The van der Waals surface area contributed by atoms with Crippen LogP contribution in [0, 0.1) is 5.82 Å². The zero-order chi connectivity index (χ0) is 28.7. The molecule has 0 atom stereocenters. The molecule has 0 radical (unpaired) electrons. The van der Waals surface area contributed by atoms with E-state index in [1.54, 1.807) is 12.4 Å². The van der Waals surface area contributed by atoms with Crippen LogP contribution in [-0.4, -0.2) is 54.2 Å². The molecule has 0 amide bonds. The van der Waals surface area contributed by atoms with Gasteiger partial charge in [0.15, 0.2) is 11.5 Å². The molecule has 208 valence electrons. The third-order valence-electron chi connectivity index (χ3n) is 6.53. The lowest BCUT2D eigenvalue weighted by molar-refractivity contribution is 0.625. The summed E-state index contributed by atoms with van der Waals surface area (Å²) < 4.78 is 18.0. The number of aromatic nitrogens is 6. The van der Waals surface area contributed by atoms with Gasteiger partial charge in [-0.3, -0.25) is 14.8 Å². The van der Waals surface area contributed by atoms with Crippen LogP contribution in [0.5, 0.6) is 0 Å². The Bertz CT molecular complexity index is 2010. The van der Waals surface area contributed by atoms with Crippen molar-refractivity contribution in [3.05, 3.63) is 78.4 Å². The number of para-hydroxylation sites is 1. The van der Waals surface area contributed by atoms with Crippen LogP contribution in [0.2, 0.25) is 0 Å². The lowest BCUT2D eigenvalue weighted by Crippen LogP contribution is -2.09. The van der Waals surface area contributed by atoms with Crippen LogP contribution in [0.4, 0.5) is 10.1 Å². The van der Waals surface area contributed by atoms with Crippen molar-refractivity contribution < 1.29 is 4.39 Å². The van der Waals surface area contributed by atoms with Crippen LogP contribution >= 0.6 is 9.39 Å². The smallest absolute Gasteiger partial charge is 0.161 e. The molecule has 0 aliphatic carbocycles. The van der Waals surface area contributed by atoms with Crippen molar-refractivity contribution >= 4 is 48.9 Å². The molecule has 6 aromatic rings. The fourth-order valence-electron chi connectivity index (χ4n) is 4.76. The van der Waals surface area contributed by atoms with Gasteiger partial charge in [-0.1, -0.05) is 23.9 Å². The molecule has 0 aliphatic rings. The fraction of sp³-hybridized carbons (Fsp3) is 0.161. The van der Waals surface area contributed by atoms with Crippen molar-refractivity contribution in [1.29, 1.82) is 0 Å². The summed E-state index contributed by atoms with van der Waals surface area (Å²) in [6.45, 7) is 4.65. The summed E-state index contributed by atoms with van der Waals surface area (Å²) in [4.78, 5) is 17.6. The third-order valence-corrected chi connectivity index (χ3v) is 7.37. The lowest BCUT2D eigenvalue weighted by Gasteiger charge is -2.12. The first-order chi connectivity index (χ1) is 19.6. The number of nitrogens with one attached hydrogen (secondary N) is 4. The number of hydrogen-bond acceptors (Lipinski definition) is 6. The maximum absolute atomic E-state index is 14.7. The summed E-state index contributed by atoms with van der Waals surface area (Å²) in [7, 11) is -1.43. The predicted molar refractivity (Wildman–Crippen MR) is 171 cm³/mol. The van der Waals surface area contributed by atoms with Gasteiger partial charge in [-0.15, -0.1) is 0 Å². The number of anilines is 1. The van der Waals surface area contributed by atoms with Crippen LogP contribution in [-0.2, 0) is 6.54 Å². The standard InChI is InChI=1S/C31H31FN8S/c1-18(2)35-23-14-21(16-33-17-23)25-9-10-27-29(36-25)30(40-39-27)31-37-26-8-6-7-24(28(26)38-31)20-11-19(12-22(32)13-20)15-34-41(3,4)5/h6-14,16-18,34-35H,3-4,15H2,1-2,5H3,(H,37,38)(H,39,40). The molecular weight excluding hydrogens is 535 g/mol. The van der Waals surface area contributed by atoms with Gasteiger partial charge in [0.25, 0.3) is 0 Å². The molecule has 0 saturated carbocycles. The summed E-state index contributed by atoms with van der Waals surface area (Å²) in [5.41, 5.74) is 8.61. The van der Waals surface area contributed by atoms with E-state index in [0.717, 1.165) is 50.2 Å². The van der Waals surface area contributed by atoms with Gasteiger partial charge in [0.1, 0.15) is 11.3 Å². The van der Waals surface area contributed by atoms with Gasteiger partial charge in [-0.2, -0.15) is 14.5 Å². The molecule has 0 aliphatic heterocycles. The number of fused-ring (bicyclic) bond motifs is 2. The number of imidazole rings is 1. The van der Waals surface area contributed by atoms with Crippen LogP contribution in [0.25, 0.3) is 56.0 Å². The van der Waals surface area contributed by atoms with E-state index >= 15 is 0 Å². The topological polar surface area (TPSA) is 107 Å². The highest BCUT2D eigenvalue weighted by molar-refractivity contribution is 8.25. The van der Waals surface area contributed by atoms with Crippen molar-refractivity contribution in [1.82, 2.24) is 34.9 Å². The van der Waals surface area contributed by atoms with Crippen molar-refractivity contribution in [3.8, 4) is 33.9 Å². The number of H-pyrrole nitrogens is 2. The maximum atomic E-state index is 14.7. The Labute approximate surface area is 238 Å². The van der Waals surface area contributed by atoms with E-state index in [4.69, 9.17) is 9.97 Å². The molecule has 4 N–H and O–H groups in total. The van der Waals surface area contributed by atoms with E-state index in [2.05, 4.69) is 55.8 Å². The Hall–Kier alpha value is -4.54. The molecule has 0 unspecified atom stereocenters. The van der Waals surface area contributed by atoms with Gasteiger partial charge in [0, 0.05) is 36.1 Å². The van der Waals surface area contributed by atoms with Crippen LogP contribution in [0.3, 0.4) is 0 Å². The van der Waals surface area contributed by atoms with Gasteiger partial charge in [0.2, 0.25) is 0 Å². The molecule has 8 nitrogen and oxygen atoms in total. The Kier molecular flexibility index (Phi) is 6.80. The maximum Gasteiger partial charge on any atom is 0.161 e. The zero-order valence-electron chi connectivity index (χ0n) is 23.1. The summed E-state index contributed by atoms with van der Waals surface area (Å²) in [6.07, 6.45) is 5.55. The Morgan fingerprint density at radius 1 is 0.951 bits per heavy atom. The fourth-order valence-corrected chi connectivity index (χ4v) is 5.28. The number of pyridine rings is 2. The quantitative estimate of drug-likeness (QED) is 0.157. The summed E-state index contributed by atoms with van der Waals surface area (Å²) in [5.74, 6) is 8.36. The lowest BCUT2D eigenvalue weighted by atomic mass is 10.0. The first kappa shape index (κ1) is 26.7. The van der Waals surface area contributed by atoms with E-state index in [0.29, 0.717) is 23.6 Å². The minimum absolute atomic E-state index is 0.288. The minimum atomic E-state index is -1.43. The summed E-state index contributed by atoms with van der Waals surface area (Å²) in [6, 6.07) is 17.1. The molecule has 2 aromatic carbocycles. The molecule has 0 saturated heterocycles. The van der Waals surface area contributed by atoms with Crippen LogP contribution in [0.15, 0.2) is 67.0 Å². The van der Waals surface area contributed by atoms with Crippen LogP contribution < -0.4 is 10.0 Å². The molecule has 41 heavy (non-hydrogen) atoms. The van der Waals surface area contributed by atoms with Crippen molar-refractivity contribution in [3.63, 3.8) is 0 Å². The molecule has 0 bridgehead atoms. The van der Waals surface area contributed by atoms with Gasteiger partial charge in [0.05, 0.1) is 27.9 Å². The van der Waals surface area contributed by atoms with Crippen LogP contribution in [0.1, 0.15) is 19.4 Å². The average molecular weight is 567 g/mol. The molecule has 0 spiro atoms. The normalized spacial score (nSPS) is 12.0. The predicted octanol–water partition coefficient (Wildman–Crippen LogP) is 6.49. The van der Waals surface area contributed by atoms with Crippen molar-refractivity contribution in [2.75, 3.05) is 11.6 Å². The van der Waals surface area contributed by atoms with E-state index in [-0.39, 0.29) is 11.9 Å². The van der Waals surface area contributed by atoms with Crippen molar-refractivity contribution in [2.45, 2.75) is 26.4 Å². The Morgan fingerprint density at radius 2 is 1.80 bits per heavy atom. The summed E-state index contributed by atoms with van der Waals surface area (Å²) >= 11 is 0. The number of nitrogens with zero attached hydrogens (tertiary/aromatic N) is 4.